The van der Waals surface area contributed by atoms with Crippen LogP contribution < -0.4 is 10.6 Å². The van der Waals surface area contributed by atoms with Gasteiger partial charge >= 0.3 is 0 Å². The minimum absolute atomic E-state index is 0.277. The number of amidine groups is 1. The predicted octanol–water partition coefficient (Wildman–Crippen LogP) is 6.86. The summed E-state index contributed by atoms with van der Waals surface area (Å²) < 4.78 is 11.6. The Morgan fingerprint density at radius 2 is 1.88 bits per heavy atom. The van der Waals surface area contributed by atoms with E-state index >= 15 is 0 Å². The van der Waals surface area contributed by atoms with E-state index in [2.05, 4.69) is 22.8 Å². The fourth-order valence-corrected chi connectivity index (χ4v) is 5.16. The van der Waals surface area contributed by atoms with Crippen LogP contribution in [0.25, 0.3) is 5.57 Å². The fraction of sp³-hybridized carbons (Fsp3) is 0.438. The first-order valence-electron chi connectivity index (χ1n) is 14.1. The summed E-state index contributed by atoms with van der Waals surface area (Å²) in [6.07, 6.45) is 11.1. The third-order valence-corrected chi connectivity index (χ3v) is 7.59. The lowest BCUT2D eigenvalue weighted by Crippen LogP contribution is -2.28. The Morgan fingerprint density at radius 1 is 1.10 bits per heavy atom. The molecule has 0 amide bonds. The lowest BCUT2D eigenvalue weighted by Gasteiger charge is -2.27. The number of hydrogen-bond acceptors (Lipinski definition) is 4. The summed E-state index contributed by atoms with van der Waals surface area (Å²) in [6.45, 7) is 4.18. The molecule has 7 nitrogen and oxygen atoms in total. The van der Waals surface area contributed by atoms with Crippen molar-refractivity contribution in [3.05, 3.63) is 82.8 Å². The Morgan fingerprint density at radius 3 is 2.60 bits per heavy atom. The van der Waals surface area contributed by atoms with Crippen LogP contribution in [0.15, 0.2) is 85.7 Å². The molecule has 40 heavy (non-hydrogen) atoms. The molecular formula is C32H42ClN5O2. The summed E-state index contributed by atoms with van der Waals surface area (Å²) in [5, 5.41) is 7.72. The highest BCUT2D eigenvalue weighted by atomic mass is 35.5. The average molecular weight is 564 g/mol. The number of furan rings is 1. The van der Waals surface area contributed by atoms with Crippen LogP contribution in [0.4, 0.5) is 5.69 Å². The number of anilines is 1. The topological polar surface area (TPSA) is 74.4 Å². The van der Waals surface area contributed by atoms with Gasteiger partial charge < -0.3 is 24.7 Å². The number of methoxy groups -OCH3 is 1. The largest absolute Gasteiger partial charge is 0.460 e. The van der Waals surface area contributed by atoms with E-state index in [0.717, 1.165) is 72.8 Å². The van der Waals surface area contributed by atoms with E-state index in [1.54, 1.807) is 7.11 Å². The summed E-state index contributed by atoms with van der Waals surface area (Å²) in [6, 6.07) is 14.5. The molecule has 8 heteroatoms. The predicted molar refractivity (Wildman–Crippen MR) is 167 cm³/mol. The maximum atomic E-state index is 6.28. The molecule has 1 aromatic carbocycles. The standard InChI is InChI=1S/C32H42ClN5O2/c1-23(38(2)3)35-32(36-27-10-6-5-7-11-27)37-28-15-13-24(14-16-28)20-34-21-29-17-18-31(40-29)30-12-8-9-26(33)19-25(30)22-39-4/h5-11,17-19,24,28,34H,12-16,20-22H2,1-4H3,(H,36,37)/b35-23+. The molecule has 0 unspecified atom stereocenters. The first-order chi connectivity index (χ1) is 19.4. The van der Waals surface area contributed by atoms with Crippen molar-refractivity contribution in [3.8, 4) is 0 Å². The van der Waals surface area contributed by atoms with E-state index in [9.17, 15) is 0 Å². The highest BCUT2D eigenvalue weighted by Gasteiger charge is 2.21. The zero-order chi connectivity index (χ0) is 28.3. The third kappa shape index (κ3) is 8.95. The molecule has 2 aromatic rings. The molecule has 0 saturated heterocycles. The van der Waals surface area contributed by atoms with Gasteiger partial charge in [-0.1, -0.05) is 35.9 Å². The van der Waals surface area contributed by atoms with Crippen molar-refractivity contribution in [1.82, 2.24) is 10.2 Å². The van der Waals surface area contributed by atoms with E-state index in [0.29, 0.717) is 30.1 Å². The molecule has 4 rings (SSSR count). The van der Waals surface area contributed by atoms with E-state index in [1.807, 2.05) is 74.5 Å². The second kappa shape index (κ2) is 15.0. The van der Waals surface area contributed by atoms with Crippen molar-refractivity contribution in [2.45, 2.75) is 51.6 Å². The minimum atomic E-state index is 0.277. The Balaban J connectivity index is 1.29. The number of ether oxygens (including phenoxy) is 1. The van der Waals surface area contributed by atoms with Crippen LogP contribution in [0.2, 0.25) is 0 Å². The first-order valence-corrected chi connectivity index (χ1v) is 14.5. The van der Waals surface area contributed by atoms with Crippen molar-refractivity contribution in [2.75, 3.05) is 39.7 Å². The quantitative estimate of drug-likeness (QED) is 0.257. The number of halogens is 1. The van der Waals surface area contributed by atoms with Gasteiger partial charge in [-0.3, -0.25) is 0 Å². The summed E-state index contributed by atoms with van der Waals surface area (Å²) >= 11 is 6.28. The number of para-hydroxylation sites is 1. The SMILES string of the molecule is COCC1=C(c2ccc(CNCC3CCC(N=C(/N=C(\C)N(C)C)Nc4ccccc4)CC3)o2)CC=CC(Cl)=C1. The van der Waals surface area contributed by atoms with Gasteiger partial charge in [-0.05, 0) is 93.5 Å². The molecule has 1 fully saturated rings. The van der Waals surface area contributed by atoms with E-state index in [-0.39, 0.29) is 6.04 Å². The van der Waals surface area contributed by atoms with Gasteiger partial charge in [-0.25, -0.2) is 9.98 Å². The van der Waals surface area contributed by atoms with E-state index in [1.165, 1.54) is 0 Å². The summed E-state index contributed by atoms with van der Waals surface area (Å²) in [5.41, 5.74) is 3.16. The normalized spacial score (nSPS) is 20.4. The minimum Gasteiger partial charge on any atom is -0.460 e. The summed E-state index contributed by atoms with van der Waals surface area (Å²) in [7, 11) is 5.69. The van der Waals surface area contributed by atoms with Crippen LogP contribution >= 0.6 is 11.6 Å². The van der Waals surface area contributed by atoms with E-state index < -0.39 is 0 Å². The molecule has 1 aromatic heterocycles. The van der Waals surface area contributed by atoms with Gasteiger partial charge in [0.05, 0.1) is 19.2 Å². The Kier molecular flexibility index (Phi) is 11.2. The van der Waals surface area contributed by atoms with E-state index in [4.69, 9.17) is 30.7 Å². The molecular weight excluding hydrogens is 522 g/mol. The van der Waals surface area contributed by atoms with Gasteiger partial charge in [-0.15, -0.1) is 0 Å². The van der Waals surface area contributed by atoms with Gasteiger partial charge in [0.15, 0.2) is 0 Å². The van der Waals surface area contributed by atoms with Gasteiger partial charge in [0.25, 0.3) is 0 Å². The molecule has 1 heterocycles. The zero-order valence-corrected chi connectivity index (χ0v) is 24.9. The van der Waals surface area contributed by atoms with Crippen LogP contribution in [0.1, 0.15) is 50.5 Å². The van der Waals surface area contributed by atoms with Crippen molar-refractivity contribution >= 4 is 34.7 Å². The fourth-order valence-electron chi connectivity index (χ4n) is 4.94. The Labute approximate surface area is 243 Å². The summed E-state index contributed by atoms with van der Waals surface area (Å²) in [4.78, 5) is 11.8. The van der Waals surface area contributed by atoms with Crippen LogP contribution in [0.5, 0.6) is 0 Å². The maximum absolute atomic E-state index is 6.28. The van der Waals surface area contributed by atoms with Crippen molar-refractivity contribution in [3.63, 3.8) is 0 Å². The molecule has 0 aliphatic heterocycles. The number of allylic oxidation sites excluding steroid dienone is 4. The molecule has 214 valence electrons. The van der Waals surface area contributed by atoms with Crippen LogP contribution in [0.3, 0.4) is 0 Å². The van der Waals surface area contributed by atoms with Gasteiger partial charge in [0.1, 0.15) is 17.4 Å². The second-order valence-corrected chi connectivity index (χ2v) is 11.1. The van der Waals surface area contributed by atoms with Crippen LogP contribution in [0, 0.1) is 5.92 Å². The second-order valence-electron chi connectivity index (χ2n) is 10.6. The highest BCUT2D eigenvalue weighted by Crippen LogP contribution is 2.30. The lowest BCUT2D eigenvalue weighted by atomic mass is 9.86. The number of aliphatic imine (C=N–C) groups is 2. The van der Waals surface area contributed by atoms with Crippen molar-refractivity contribution in [1.29, 1.82) is 0 Å². The molecule has 2 N–H and O–H groups in total. The molecule has 2 aliphatic carbocycles. The first kappa shape index (κ1) is 29.8. The molecule has 0 atom stereocenters. The third-order valence-electron chi connectivity index (χ3n) is 7.36. The number of rotatable bonds is 9. The smallest absolute Gasteiger partial charge is 0.224 e. The Bertz CT molecular complexity index is 1250. The summed E-state index contributed by atoms with van der Waals surface area (Å²) in [5.74, 6) is 4.04. The highest BCUT2D eigenvalue weighted by molar-refractivity contribution is 6.31. The zero-order valence-electron chi connectivity index (χ0n) is 24.1. The van der Waals surface area contributed by atoms with Crippen molar-refractivity contribution < 1.29 is 9.15 Å². The number of nitrogens with one attached hydrogen (secondary N) is 2. The molecule has 2 aliphatic rings. The van der Waals surface area contributed by atoms with Crippen LogP contribution in [-0.4, -0.2) is 57.1 Å². The number of guanidine groups is 1. The number of benzene rings is 1. The van der Waals surface area contributed by atoms with Crippen LogP contribution in [-0.2, 0) is 11.3 Å². The monoisotopic (exact) mass is 563 g/mol. The average Bonchev–Trinajstić information content (AvgIpc) is 3.32. The van der Waals surface area contributed by atoms with Gasteiger partial charge in [0.2, 0.25) is 5.96 Å². The Hall–Kier alpha value is -3.13. The molecule has 0 spiro atoms. The van der Waals surface area contributed by atoms with Gasteiger partial charge in [0, 0.05) is 37.5 Å². The molecule has 0 radical (unpaired) electrons. The number of nitrogens with zero attached hydrogens (tertiary/aromatic N) is 3. The van der Waals surface area contributed by atoms with Gasteiger partial charge in [-0.2, -0.15) is 0 Å². The molecule has 1 saturated carbocycles. The van der Waals surface area contributed by atoms with Crippen molar-refractivity contribution in [2.24, 2.45) is 15.9 Å². The molecule has 0 bridgehead atoms. The number of hydrogen-bond donors (Lipinski definition) is 2. The lowest BCUT2D eigenvalue weighted by molar-refractivity contribution is 0.228. The maximum Gasteiger partial charge on any atom is 0.224 e.